The van der Waals surface area contributed by atoms with E-state index in [9.17, 15) is 9.59 Å². The highest BCUT2D eigenvalue weighted by atomic mass is 16.5. The smallest absolute Gasteiger partial charge is 0.306 e. The van der Waals surface area contributed by atoms with Gasteiger partial charge in [0, 0.05) is 0 Å². The van der Waals surface area contributed by atoms with Gasteiger partial charge in [-0.25, -0.2) is 0 Å². The lowest BCUT2D eigenvalue weighted by atomic mass is 9.77. The number of ketones is 1. The van der Waals surface area contributed by atoms with Gasteiger partial charge in [0.05, 0.1) is 18.9 Å². The van der Waals surface area contributed by atoms with Crippen LogP contribution in [0.15, 0.2) is 12.2 Å². The van der Waals surface area contributed by atoms with E-state index in [4.69, 9.17) is 0 Å². The normalized spacial score (nSPS) is 48.4. The molecule has 0 heterocycles. The molecule has 0 aromatic heterocycles. The molecular weight excluding hydrogens is 168 g/mol. The number of allylic oxidation sites excluding steroid dienone is 2. The molecule has 0 N–H and O–H groups in total. The topological polar surface area (TPSA) is 43.4 Å². The fourth-order valence-electron chi connectivity index (χ4n) is 2.96. The number of carbonyl (C=O) groups excluding carboxylic acids is 2. The molecule has 0 aromatic rings. The Morgan fingerprint density at radius 2 is 2.31 bits per heavy atom. The quantitative estimate of drug-likeness (QED) is 0.580. The lowest BCUT2D eigenvalue weighted by Crippen LogP contribution is -2.32. The number of esters is 1. The maximum atomic E-state index is 11.5. The second kappa shape index (κ2) is 1.86. The summed E-state index contributed by atoms with van der Waals surface area (Å²) in [5, 5.41) is 0. The van der Waals surface area contributed by atoms with E-state index < -0.39 is 0 Å². The van der Waals surface area contributed by atoms with Crippen LogP contribution in [-0.4, -0.2) is 18.9 Å². The van der Waals surface area contributed by atoms with Crippen LogP contribution >= 0.6 is 0 Å². The number of rotatable bonds is 2. The van der Waals surface area contributed by atoms with Crippen LogP contribution in [0.2, 0.25) is 0 Å². The Kier molecular flexibility index (Phi) is 1.05. The molecule has 0 aromatic carbocycles. The van der Waals surface area contributed by atoms with E-state index in [2.05, 4.69) is 4.74 Å². The predicted molar refractivity (Wildman–Crippen MR) is 43.7 cm³/mol. The van der Waals surface area contributed by atoms with Crippen LogP contribution in [0.1, 0.15) is 6.42 Å². The molecule has 0 saturated heterocycles. The number of fused-ring (bicyclic) bond motifs is 2. The van der Waals surface area contributed by atoms with Gasteiger partial charge in [0.15, 0.2) is 5.78 Å². The first-order valence-corrected chi connectivity index (χ1v) is 4.51. The van der Waals surface area contributed by atoms with Gasteiger partial charge in [0.1, 0.15) is 0 Å². The molecule has 3 rings (SSSR count). The van der Waals surface area contributed by atoms with Crippen molar-refractivity contribution >= 4 is 11.8 Å². The summed E-state index contributed by atoms with van der Waals surface area (Å²) in [7, 11) is 1.37. The summed E-state index contributed by atoms with van der Waals surface area (Å²) in [6.07, 6.45) is 3.91. The zero-order chi connectivity index (χ0) is 9.22. The maximum absolute atomic E-state index is 11.5. The predicted octanol–water partition coefficient (Wildman–Crippen LogP) is 0.551. The standard InChI is InChI=1S/C10H10O3/c1-13-7(12)4-10-6(11)3-2-5-8(10)9(5)10/h2-3,5,8-9H,4H2,1H3. The van der Waals surface area contributed by atoms with E-state index in [1.54, 1.807) is 6.08 Å². The minimum Gasteiger partial charge on any atom is -0.469 e. The monoisotopic (exact) mass is 178 g/mol. The molecule has 3 aliphatic rings. The lowest BCUT2D eigenvalue weighted by Gasteiger charge is -2.25. The Labute approximate surface area is 75.8 Å². The summed E-state index contributed by atoms with van der Waals surface area (Å²) in [6.45, 7) is 0. The summed E-state index contributed by atoms with van der Waals surface area (Å²) in [5.41, 5.74) is -0.313. The number of ether oxygens (including phenoxy) is 1. The molecule has 3 heteroatoms. The van der Waals surface area contributed by atoms with E-state index >= 15 is 0 Å². The Morgan fingerprint density at radius 1 is 1.62 bits per heavy atom. The minimum absolute atomic E-state index is 0.135. The van der Waals surface area contributed by atoms with Gasteiger partial charge in [0.2, 0.25) is 0 Å². The van der Waals surface area contributed by atoms with Crippen LogP contribution in [0.3, 0.4) is 0 Å². The summed E-state index contributed by atoms with van der Waals surface area (Å²) >= 11 is 0. The SMILES string of the molecule is COC(=O)CC12C(=O)C=CC3C1C32. The average Bonchev–Trinajstić information content (AvgIpc) is 2.97. The molecule has 2 atom stereocenters. The Morgan fingerprint density at radius 3 is 2.85 bits per heavy atom. The van der Waals surface area contributed by atoms with Gasteiger partial charge >= 0.3 is 5.97 Å². The van der Waals surface area contributed by atoms with Crippen LogP contribution in [0, 0.1) is 23.2 Å². The highest BCUT2D eigenvalue weighted by Crippen LogP contribution is 2.85. The van der Waals surface area contributed by atoms with Gasteiger partial charge in [0.25, 0.3) is 0 Å². The molecule has 2 saturated carbocycles. The first-order valence-electron chi connectivity index (χ1n) is 4.51. The van der Waals surface area contributed by atoms with E-state index in [1.165, 1.54) is 7.11 Å². The third kappa shape index (κ3) is 0.631. The molecular formula is C10H10O3. The fraction of sp³-hybridized carbons (Fsp3) is 0.600. The van der Waals surface area contributed by atoms with Crippen molar-refractivity contribution in [2.24, 2.45) is 23.2 Å². The van der Waals surface area contributed by atoms with Crippen LogP contribution in [0.5, 0.6) is 0 Å². The van der Waals surface area contributed by atoms with Crippen molar-refractivity contribution in [2.75, 3.05) is 7.11 Å². The number of hydrogen-bond donors (Lipinski definition) is 0. The third-order valence-electron chi connectivity index (χ3n) is 3.75. The van der Waals surface area contributed by atoms with E-state index in [-0.39, 0.29) is 17.2 Å². The second-order valence-corrected chi connectivity index (χ2v) is 4.15. The van der Waals surface area contributed by atoms with Gasteiger partial charge in [-0.05, 0) is 23.8 Å². The molecule has 3 nitrogen and oxygen atoms in total. The van der Waals surface area contributed by atoms with Gasteiger partial charge in [-0.3, -0.25) is 9.59 Å². The second-order valence-electron chi connectivity index (χ2n) is 4.15. The third-order valence-corrected chi connectivity index (χ3v) is 3.75. The van der Waals surface area contributed by atoms with Crippen molar-refractivity contribution in [2.45, 2.75) is 6.42 Å². The van der Waals surface area contributed by atoms with E-state index in [0.29, 0.717) is 24.2 Å². The number of hydrogen-bond acceptors (Lipinski definition) is 3. The van der Waals surface area contributed by atoms with Gasteiger partial charge < -0.3 is 4.74 Å². The van der Waals surface area contributed by atoms with E-state index in [1.807, 2.05) is 6.08 Å². The lowest BCUT2D eigenvalue weighted by molar-refractivity contribution is -0.145. The number of carbonyl (C=O) groups is 2. The molecule has 13 heavy (non-hydrogen) atoms. The average molecular weight is 178 g/mol. The molecule has 0 bridgehead atoms. The summed E-state index contributed by atoms with van der Waals surface area (Å²) in [5.74, 6) is 1.43. The number of methoxy groups -OCH3 is 1. The molecule has 3 aliphatic carbocycles. The molecule has 0 aliphatic heterocycles. The van der Waals surface area contributed by atoms with Crippen molar-refractivity contribution < 1.29 is 14.3 Å². The Bertz CT molecular complexity index is 332. The molecule has 0 amide bonds. The van der Waals surface area contributed by atoms with Crippen molar-refractivity contribution in [3.05, 3.63) is 12.2 Å². The van der Waals surface area contributed by atoms with Crippen LogP contribution in [-0.2, 0) is 14.3 Å². The zero-order valence-electron chi connectivity index (χ0n) is 7.32. The molecule has 2 unspecified atom stereocenters. The van der Waals surface area contributed by atoms with Crippen LogP contribution in [0.25, 0.3) is 0 Å². The Balaban J connectivity index is 1.83. The van der Waals surface area contributed by atoms with Crippen molar-refractivity contribution in [1.29, 1.82) is 0 Å². The van der Waals surface area contributed by atoms with E-state index in [0.717, 1.165) is 0 Å². The first kappa shape index (κ1) is 7.30. The fourth-order valence-corrected chi connectivity index (χ4v) is 2.96. The van der Waals surface area contributed by atoms with Crippen molar-refractivity contribution in [1.82, 2.24) is 0 Å². The van der Waals surface area contributed by atoms with Crippen molar-refractivity contribution in [3.63, 3.8) is 0 Å². The molecule has 2 fully saturated rings. The van der Waals surface area contributed by atoms with Crippen LogP contribution < -0.4 is 0 Å². The van der Waals surface area contributed by atoms with Gasteiger partial charge in [-0.2, -0.15) is 0 Å². The Hall–Kier alpha value is -1.12. The van der Waals surface area contributed by atoms with Gasteiger partial charge in [-0.15, -0.1) is 0 Å². The van der Waals surface area contributed by atoms with Gasteiger partial charge in [-0.1, -0.05) is 6.08 Å². The van der Waals surface area contributed by atoms with Crippen LogP contribution in [0.4, 0.5) is 0 Å². The zero-order valence-corrected chi connectivity index (χ0v) is 7.32. The summed E-state index contributed by atoms with van der Waals surface area (Å²) < 4.78 is 4.59. The highest BCUT2D eigenvalue weighted by Gasteiger charge is 2.86. The summed E-state index contributed by atoms with van der Waals surface area (Å²) in [6, 6.07) is 0. The molecule has 68 valence electrons. The maximum Gasteiger partial charge on any atom is 0.306 e. The first-order chi connectivity index (χ1) is 6.21. The minimum atomic E-state index is -0.313. The molecule has 0 spiro atoms. The van der Waals surface area contributed by atoms with Crippen molar-refractivity contribution in [3.8, 4) is 0 Å². The largest absolute Gasteiger partial charge is 0.469 e. The summed E-state index contributed by atoms with van der Waals surface area (Å²) in [4.78, 5) is 22.6. The molecule has 0 radical (unpaired) electrons. The highest BCUT2D eigenvalue weighted by molar-refractivity contribution is 6.04.